The van der Waals surface area contributed by atoms with Crippen LogP contribution in [0, 0.1) is 0 Å². The van der Waals surface area contributed by atoms with Gasteiger partial charge in [-0.25, -0.2) is 4.98 Å². The maximum Gasteiger partial charge on any atom is 0.255 e. The Labute approximate surface area is 92.0 Å². The number of hydrogen-bond donors (Lipinski definition) is 0. The minimum atomic E-state index is -0.156. The van der Waals surface area contributed by atoms with Crippen LogP contribution in [-0.2, 0) is 13.0 Å². The fraction of sp³-hybridized carbons (Fsp3) is 0.333. The largest absolute Gasteiger partial charge is 0.293 e. The zero-order valence-corrected chi connectivity index (χ0v) is 9.22. The Morgan fingerprint density at radius 3 is 2.93 bits per heavy atom. The summed E-state index contributed by atoms with van der Waals surface area (Å²) in [5, 5.41) is 0.234. The van der Waals surface area contributed by atoms with Crippen molar-refractivity contribution in [3.63, 3.8) is 0 Å². The highest BCUT2D eigenvalue weighted by Gasteiger charge is 2.03. The Morgan fingerprint density at radius 1 is 1.64 bits per heavy atom. The van der Waals surface area contributed by atoms with Crippen LogP contribution in [0.5, 0.6) is 0 Å². The van der Waals surface area contributed by atoms with Crippen LogP contribution in [0.2, 0.25) is 5.15 Å². The van der Waals surface area contributed by atoms with Gasteiger partial charge in [0.05, 0.1) is 0 Å². The Bertz CT molecular complexity index is 398. The first kappa shape index (κ1) is 11.3. The quantitative estimate of drug-likeness (QED) is 0.750. The molecule has 3 nitrogen and oxygen atoms in total. The number of allylic oxidation sites excluding steroid dienone is 1. The molecule has 5 heteroatoms. The molecule has 0 aliphatic rings. The summed E-state index contributed by atoms with van der Waals surface area (Å²) in [6, 6.07) is 1.29. The smallest absolute Gasteiger partial charge is 0.255 e. The van der Waals surface area contributed by atoms with Gasteiger partial charge in [-0.2, -0.15) is 0 Å². The van der Waals surface area contributed by atoms with Crippen LogP contribution < -0.4 is 5.56 Å². The van der Waals surface area contributed by atoms with Gasteiger partial charge in [0.1, 0.15) is 11.0 Å². The predicted octanol–water partition coefficient (Wildman–Crippen LogP) is 2.21. The Kier molecular flexibility index (Phi) is 4.17. The maximum atomic E-state index is 11.5. The van der Waals surface area contributed by atoms with Crippen LogP contribution in [0.25, 0.3) is 0 Å². The molecule has 14 heavy (non-hydrogen) atoms. The number of rotatable bonds is 3. The highest BCUT2D eigenvalue weighted by molar-refractivity contribution is 6.29. The normalized spacial score (nSPS) is 11.1. The third-order valence-corrected chi connectivity index (χ3v) is 2.12. The van der Waals surface area contributed by atoms with Crippen LogP contribution in [0.1, 0.15) is 12.7 Å². The molecule has 0 aromatic carbocycles. The number of halogens is 2. The summed E-state index contributed by atoms with van der Waals surface area (Å²) >= 11 is 11.1. The molecule has 0 amide bonds. The fourth-order valence-electron chi connectivity index (χ4n) is 1.13. The van der Waals surface area contributed by atoms with Crippen molar-refractivity contribution in [1.82, 2.24) is 9.55 Å². The molecule has 0 aliphatic heterocycles. The van der Waals surface area contributed by atoms with Crippen molar-refractivity contribution < 1.29 is 0 Å². The zero-order chi connectivity index (χ0) is 10.6. The van der Waals surface area contributed by atoms with E-state index in [1.165, 1.54) is 16.2 Å². The van der Waals surface area contributed by atoms with Gasteiger partial charge in [-0.3, -0.25) is 9.36 Å². The maximum absolute atomic E-state index is 11.5. The van der Waals surface area contributed by atoms with Gasteiger partial charge < -0.3 is 0 Å². The number of nitrogens with zero attached hydrogens (tertiary/aromatic N) is 2. The first-order valence-corrected chi connectivity index (χ1v) is 5.02. The molecular formula is C9H10Cl2N2O. The number of hydrogen-bond acceptors (Lipinski definition) is 2. The molecule has 1 aromatic rings. The lowest BCUT2D eigenvalue weighted by Gasteiger charge is -2.07. The first-order chi connectivity index (χ1) is 6.69. The van der Waals surface area contributed by atoms with E-state index in [4.69, 9.17) is 23.2 Å². The summed E-state index contributed by atoms with van der Waals surface area (Å²) in [5.41, 5.74) is 1.22. The van der Waals surface area contributed by atoms with Crippen LogP contribution in [-0.4, -0.2) is 9.55 Å². The van der Waals surface area contributed by atoms with Crippen molar-refractivity contribution in [2.75, 3.05) is 0 Å². The molecular weight excluding hydrogens is 223 g/mol. The van der Waals surface area contributed by atoms with E-state index in [1.54, 1.807) is 6.08 Å². The van der Waals surface area contributed by atoms with Crippen LogP contribution >= 0.6 is 23.2 Å². The highest BCUT2D eigenvalue weighted by Crippen LogP contribution is 2.03. The van der Waals surface area contributed by atoms with Crippen LogP contribution in [0.15, 0.2) is 22.5 Å². The number of aryl methyl sites for hydroxylation is 1. The second-order valence-electron chi connectivity index (χ2n) is 2.66. The van der Waals surface area contributed by atoms with E-state index in [-0.39, 0.29) is 10.7 Å². The van der Waals surface area contributed by atoms with Crippen molar-refractivity contribution >= 4 is 23.2 Å². The Hall–Kier alpha value is -0.800. The predicted molar refractivity (Wildman–Crippen MR) is 57.9 cm³/mol. The molecule has 0 unspecified atom stereocenters. The summed E-state index contributed by atoms with van der Waals surface area (Å²) in [7, 11) is 0. The Morgan fingerprint density at radius 2 is 2.36 bits per heavy atom. The van der Waals surface area contributed by atoms with Gasteiger partial charge in [0.2, 0.25) is 0 Å². The van der Waals surface area contributed by atoms with E-state index >= 15 is 0 Å². The van der Waals surface area contributed by atoms with E-state index < -0.39 is 0 Å². The highest BCUT2D eigenvalue weighted by atomic mass is 35.5. The van der Waals surface area contributed by atoms with Crippen LogP contribution in [0.3, 0.4) is 0 Å². The van der Waals surface area contributed by atoms with Crippen molar-refractivity contribution in [3.05, 3.63) is 39.0 Å². The number of aromatic nitrogens is 2. The summed E-state index contributed by atoms with van der Waals surface area (Å²) < 4.78 is 1.53. The van der Waals surface area contributed by atoms with E-state index in [0.717, 1.165) is 0 Å². The summed E-state index contributed by atoms with van der Waals surface area (Å²) in [6.45, 7) is 2.34. The molecule has 0 saturated carbocycles. The average molecular weight is 233 g/mol. The van der Waals surface area contributed by atoms with E-state index in [0.29, 0.717) is 18.8 Å². The fourth-order valence-corrected chi connectivity index (χ4v) is 1.40. The minimum Gasteiger partial charge on any atom is -0.293 e. The monoisotopic (exact) mass is 232 g/mol. The molecule has 1 heterocycles. The molecule has 0 spiro atoms. The summed E-state index contributed by atoms with van der Waals surface area (Å²) in [6.07, 6.45) is 2.34. The molecule has 0 N–H and O–H groups in total. The van der Waals surface area contributed by atoms with E-state index in [2.05, 4.69) is 4.98 Å². The lowest BCUT2D eigenvalue weighted by atomic mass is 10.4. The van der Waals surface area contributed by atoms with Crippen LogP contribution in [0.4, 0.5) is 0 Å². The SMILES string of the molecule is CCc1nc(Cl)cc(=O)n1C/C=C/Cl. The molecule has 0 atom stereocenters. The molecule has 1 aromatic heterocycles. The van der Waals surface area contributed by atoms with Gasteiger partial charge in [0, 0.05) is 24.6 Å². The zero-order valence-electron chi connectivity index (χ0n) is 7.70. The van der Waals surface area contributed by atoms with Gasteiger partial charge in [-0.1, -0.05) is 36.2 Å². The average Bonchev–Trinajstić information content (AvgIpc) is 2.15. The van der Waals surface area contributed by atoms with Crippen molar-refractivity contribution in [3.8, 4) is 0 Å². The standard InChI is InChI=1S/C9H10Cl2N2O/c1-2-8-12-7(11)6-9(14)13(8)5-3-4-10/h3-4,6H,2,5H2,1H3/b4-3+. The molecule has 0 radical (unpaired) electrons. The van der Waals surface area contributed by atoms with Crippen molar-refractivity contribution in [1.29, 1.82) is 0 Å². The third kappa shape index (κ3) is 2.59. The first-order valence-electron chi connectivity index (χ1n) is 4.20. The van der Waals surface area contributed by atoms with E-state index in [1.807, 2.05) is 6.92 Å². The Balaban J connectivity index is 3.18. The molecule has 0 fully saturated rings. The molecule has 1 rings (SSSR count). The summed E-state index contributed by atoms with van der Waals surface area (Å²) in [4.78, 5) is 15.5. The van der Waals surface area contributed by atoms with Gasteiger partial charge in [0.25, 0.3) is 5.56 Å². The molecule has 0 saturated heterocycles. The molecule has 0 bridgehead atoms. The lowest BCUT2D eigenvalue weighted by Crippen LogP contribution is -2.23. The van der Waals surface area contributed by atoms with Gasteiger partial charge in [0.15, 0.2) is 0 Å². The summed E-state index contributed by atoms with van der Waals surface area (Å²) in [5.74, 6) is 0.664. The van der Waals surface area contributed by atoms with Gasteiger partial charge in [-0.15, -0.1) is 0 Å². The molecule has 76 valence electrons. The third-order valence-electron chi connectivity index (χ3n) is 1.75. The second-order valence-corrected chi connectivity index (χ2v) is 3.30. The van der Waals surface area contributed by atoms with Gasteiger partial charge >= 0.3 is 0 Å². The topological polar surface area (TPSA) is 34.9 Å². The van der Waals surface area contributed by atoms with Crippen molar-refractivity contribution in [2.45, 2.75) is 19.9 Å². The van der Waals surface area contributed by atoms with E-state index in [9.17, 15) is 4.79 Å². The van der Waals surface area contributed by atoms with Gasteiger partial charge in [-0.05, 0) is 0 Å². The van der Waals surface area contributed by atoms with Crippen molar-refractivity contribution in [2.24, 2.45) is 0 Å². The minimum absolute atomic E-state index is 0.156. The lowest BCUT2D eigenvalue weighted by molar-refractivity contribution is 0.687. The molecule has 0 aliphatic carbocycles. The second kappa shape index (κ2) is 5.17.